The van der Waals surface area contributed by atoms with Crippen molar-refractivity contribution in [3.63, 3.8) is 0 Å². The lowest BCUT2D eigenvalue weighted by molar-refractivity contribution is -0.144. The van der Waals surface area contributed by atoms with Crippen molar-refractivity contribution in [2.24, 2.45) is 0 Å². The van der Waals surface area contributed by atoms with Crippen LogP contribution in [0.3, 0.4) is 0 Å². The Morgan fingerprint density at radius 1 is 1.45 bits per heavy atom. The minimum atomic E-state index is -2.84. The van der Waals surface area contributed by atoms with Crippen molar-refractivity contribution in [1.29, 1.82) is 0 Å². The molecule has 1 aliphatic heterocycles. The molecule has 1 fully saturated rings. The van der Waals surface area contributed by atoms with Crippen LogP contribution in [0.1, 0.15) is 5.56 Å². The molecule has 1 amide bonds. The van der Waals surface area contributed by atoms with E-state index in [0.29, 0.717) is 19.7 Å². The number of halogens is 3. The number of rotatable bonds is 5. The smallest absolute Gasteiger partial charge is 0.387 e. The van der Waals surface area contributed by atoms with Crippen LogP contribution >= 0.6 is 12.4 Å². The van der Waals surface area contributed by atoms with Crippen LogP contribution in [0.5, 0.6) is 5.75 Å². The Labute approximate surface area is 134 Å². The average molecular weight is 337 g/mol. The molecule has 8 heteroatoms. The topological polar surface area (TPSA) is 50.8 Å². The fraction of sp³-hybridized carbons (Fsp3) is 0.500. The van der Waals surface area contributed by atoms with Crippen molar-refractivity contribution in [1.82, 2.24) is 10.2 Å². The maximum atomic E-state index is 12.2. The molecule has 1 unspecified atom stereocenters. The Hall–Kier alpha value is -1.44. The van der Waals surface area contributed by atoms with Gasteiger partial charge in [0.05, 0.1) is 6.61 Å². The lowest BCUT2D eigenvalue weighted by Crippen LogP contribution is -2.48. The predicted octanol–water partition coefficient (Wildman–Crippen LogP) is 1.66. The van der Waals surface area contributed by atoms with E-state index < -0.39 is 12.7 Å². The first-order chi connectivity index (χ1) is 10.1. The maximum Gasteiger partial charge on any atom is 0.387 e. The highest BCUT2D eigenvalue weighted by atomic mass is 35.5. The molecule has 1 aliphatic rings. The van der Waals surface area contributed by atoms with E-state index in [-0.39, 0.29) is 24.1 Å². The Bertz CT molecular complexity index is 468. The molecule has 0 radical (unpaired) electrons. The van der Waals surface area contributed by atoms with Crippen LogP contribution in [0.15, 0.2) is 24.3 Å². The molecule has 0 spiro atoms. The van der Waals surface area contributed by atoms with Crippen LogP contribution in [-0.4, -0.2) is 50.3 Å². The van der Waals surface area contributed by atoms with Gasteiger partial charge in [-0.05, 0) is 17.7 Å². The van der Waals surface area contributed by atoms with Gasteiger partial charge in [0, 0.05) is 26.7 Å². The van der Waals surface area contributed by atoms with Gasteiger partial charge in [-0.15, -0.1) is 12.4 Å². The highest BCUT2D eigenvalue weighted by Gasteiger charge is 2.24. The Kier molecular flexibility index (Phi) is 7.50. The summed E-state index contributed by atoms with van der Waals surface area (Å²) in [5.41, 5.74) is 0.830. The molecule has 2 rings (SSSR count). The van der Waals surface area contributed by atoms with Gasteiger partial charge in [0.1, 0.15) is 11.9 Å². The van der Waals surface area contributed by atoms with E-state index in [0.717, 1.165) is 12.1 Å². The largest absolute Gasteiger partial charge is 0.435 e. The van der Waals surface area contributed by atoms with Gasteiger partial charge in [-0.25, -0.2) is 0 Å². The Balaban J connectivity index is 0.00000242. The standard InChI is InChI=1S/C14H18F2N2O3.ClH/c1-18(13(19)12-8-17-6-7-20-12)9-10-2-4-11(5-3-10)21-14(15)16;/h2-5,12,14,17H,6-9H2,1H3;1H. The molecule has 1 N–H and O–H groups in total. The number of ether oxygens (including phenoxy) is 2. The predicted molar refractivity (Wildman–Crippen MR) is 79.4 cm³/mol. The summed E-state index contributed by atoms with van der Waals surface area (Å²) < 4.78 is 33.8. The molecule has 1 aromatic carbocycles. The summed E-state index contributed by atoms with van der Waals surface area (Å²) in [5, 5.41) is 3.10. The highest BCUT2D eigenvalue weighted by molar-refractivity contribution is 5.85. The SMILES string of the molecule is CN(Cc1ccc(OC(F)F)cc1)C(=O)C1CNCCO1.Cl. The van der Waals surface area contributed by atoms with Crippen molar-refractivity contribution < 1.29 is 23.0 Å². The second-order valence-corrected chi connectivity index (χ2v) is 4.78. The minimum Gasteiger partial charge on any atom is -0.435 e. The molecular formula is C14H19ClF2N2O3. The van der Waals surface area contributed by atoms with Crippen molar-refractivity contribution in [3.05, 3.63) is 29.8 Å². The quantitative estimate of drug-likeness (QED) is 0.888. The lowest BCUT2D eigenvalue weighted by atomic mass is 10.2. The van der Waals surface area contributed by atoms with Crippen molar-refractivity contribution >= 4 is 18.3 Å². The highest BCUT2D eigenvalue weighted by Crippen LogP contribution is 2.16. The number of carbonyl (C=O) groups excluding carboxylic acids is 1. The number of amides is 1. The number of hydrogen-bond donors (Lipinski definition) is 1. The van der Waals surface area contributed by atoms with E-state index in [9.17, 15) is 13.6 Å². The van der Waals surface area contributed by atoms with Gasteiger partial charge in [-0.3, -0.25) is 4.79 Å². The van der Waals surface area contributed by atoms with Gasteiger partial charge in [0.2, 0.25) is 0 Å². The van der Waals surface area contributed by atoms with Crippen molar-refractivity contribution in [3.8, 4) is 5.75 Å². The van der Waals surface area contributed by atoms with Gasteiger partial charge in [0.15, 0.2) is 0 Å². The molecule has 1 aromatic rings. The first-order valence-electron chi connectivity index (χ1n) is 6.67. The number of benzene rings is 1. The van der Waals surface area contributed by atoms with E-state index in [1.54, 1.807) is 24.1 Å². The maximum absolute atomic E-state index is 12.2. The van der Waals surface area contributed by atoms with Gasteiger partial charge >= 0.3 is 6.61 Å². The average Bonchev–Trinajstić information content (AvgIpc) is 2.49. The van der Waals surface area contributed by atoms with E-state index in [4.69, 9.17) is 4.74 Å². The second kappa shape index (κ2) is 8.87. The summed E-state index contributed by atoms with van der Waals surface area (Å²) in [6, 6.07) is 6.22. The van der Waals surface area contributed by atoms with Crippen LogP contribution in [0, 0.1) is 0 Å². The van der Waals surface area contributed by atoms with Crippen LogP contribution in [0.4, 0.5) is 8.78 Å². The lowest BCUT2D eigenvalue weighted by Gasteiger charge is -2.27. The summed E-state index contributed by atoms with van der Waals surface area (Å²) in [5.74, 6) is -0.00218. The number of likely N-dealkylation sites (N-methyl/N-ethyl adjacent to an activating group) is 1. The molecule has 0 aliphatic carbocycles. The van der Waals surface area contributed by atoms with Crippen molar-refractivity contribution in [2.75, 3.05) is 26.7 Å². The van der Waals surface area contributed by atoms with E-state index in [1.165, 1.54) is 12.1 Å². The normalized spacial score (nSPS) is 17.7. The molecule has 22 heavy (non-hydrogen) atoms. The monoisotopic (exact) mass is 336 g/mol. The third-order valence-corrected chi connectivity index (χ3v) is 3.15. The fourth-order valence-electron chi connectivity index (χ4n) is 2.10. The van der Waals surface area contributed by atoms with Gasteiger partial charge < -0.3 is 19.7 Å². The molecule has 1 heterocycles. The van der Waals surface area contributed by atoms with Gasteiger partial charge in [-0.2, -0.15) is 8.78 Å². The third kappa shape index (κ3) is 5.40. The Morgan fingerprint density at radius 3 is 2.68 bits per heavy atom. The van der Waals surface area contributed by atoms with Crippen LogP contribution in [-0.2, 0) is 16.1 Å². The summed E-state index contributed by atoms with van der Waals surface area (Å²) >= 11 is 0. The number of hydrogen-bond acceptors (Lipinski definition) is 4. The van der Waals surface area contributed by atoms with E-state index >= 15 is 0 Å². The fourth-order valence-corrected chi connectivity index (χ4v) is 2.10. The summed E-state index contributed by atoms with van der Waals surface area (Å²) in [6.07, 6.45) is -0.467. The molecule has 0 saturated carbocycles. The number of carbonyl (C=O) groups is 1. The Morgan fingerprint density at radius 2 is 2.14 bits per heavy atom. The molecule has 0 bridgehead atoms. The number of alkyl halides is 2. The zero-order chi connectivity index (χ0) is 15.2. The number of nitrogens with one attached hydrogen (secondary N) is 1. The molecule has 124 valence electrons. The molecule has 1 saturated heterocycles. The minimum absolute atomic E-state index is 0. The number of morpholine rings is 1. The summed E-state index contributed by atoms with van der Waals surface area (Å²) in [6.45, 7) is -0.683. The zero-order valence-electron chi connectivity index (χ0n) is 12.1. The first kappa shape index (κ1) is 18.6. The number of nitrogens with zero attached hydrogens (tertiary/aromatic N) is 1. The third-order valence-electron chi connectivity index (χ3n) is 3.15. The van der Waals surface area contributed by atoms with E-state index in [1.807, 2.05) is 0 Å². The van der Waals surface area contributed by atoms with E-state index in [2.05, 4.69) is 10.1 Å². The molecular weight excluding hydrogens is 318 g/mol. The molecule has 5 nitrogen and oxygen atoms in total. The van der Waals surface area contributed by atoms with Crippen molar-refractivity contribution in [2.45, 2.75) is 19.3 Å². The van der Waals surface area contributed by atoms with Crippen LogP contribution < -0.4 is 10.1 Å². The summed E-state index contributed by atoms with van der Waals surface area (Å²) in [4.78, 5) is 13.7. The van der Waals surface area contributed by atoms with Gasteiger partial charge in [-0.1, -0.05) is 12.1 Å². The van der Waals surface area contributed by atoms with Crippen LogP contribution in [0.2, 0.25) is 0 Å². The first-order valence-corrected chi connectivity index (χ1v) is 6.67. The molecule has 1 atom stereocenters. The van der Waals surface area contributed by atoms with Crippen LogP contribution in [0.25, 0.3) is 0 Å². The zero-order valence-corrected chi connectivity index (χ0v) is 12.9. The van der Waals surface area contributed by atoms with Gasteiger partial charge in [0.25, 0.3) is 5.91 Å². The summed E-state index contributed by atoms with van der Waals surface area (Å²) in [7, 11) is 1.68. The molecule has 0 aromatic heterocycles. The second-order valence-electron chi connectivity index (χ2n) is 4.78.